The van der Waals surface area contributed by atoms with Gasteiger partial charge < -0.3 is 5.32 Å². The molecule has 0 saturated heterocycles. The van der Waals surface area contributed by atoms with Crippen LogP contribution in [0.2, 0.25) is 0 Å². The van der Waals surface area contributed by atoms with Crippen LogP contribution in [0.4, 0.5) is 0 Å². The summed E-state index contributed by atoms with van der Waals surface area (Å²) in [5.41, 5.74) is 0. The Labute approximate surface area is 72.1 Å². The maximum absolute atomic E-state index is 3.53. The molecule has 68 valence electrons. The second kappa shape index (κ2) is 4.76. The molecule has 0 heterocycles. The van der Waals surface area contributed by atoms with E-state index in [1.807, 2.05) is 0 Å². The Kier molecular flexibility index (Phi) is 3.92. The number of hydrogen-bond donors (Lipinski definition) is 1. The van der Waals surface area contributed by atoms with Crippen molar-refractivity contribution in [2.75, 3.05) is 6.54 Å². The van der Waals surface area contributed by atoms with E-state index in [2.05, 4.69) is 19.2 Å². The Balaban J connectivity index is 0.00000121. The largest absolute Gasteiger partial charge is 0.314 e. The molecule has 0 unspecified atom stereocenters. The fourth-order valence-corrected chi connectivity index (χ4v) is 2.06. The van der Waals surface area contributed by atoms with E-state index in [4.69, 9.17) is 0 Å². The molecule has 1 saturated carbocycles. The first-order valence-electron chi connectivity index (χ1n) is 5.10. The minimum atomic E-state index is 0. The maximum Gasteiger partial charge on any atom is 0.00671 e. The molecule has 1 aliphatic rings. The van der Waals surface area contributed by atoms with Crippen molar-refractivity contribution in [2.45, 2.75) is 52.0 Å². The minimum Gasteiger partial charge on any atom is -0.314 e. The Hall–Kier alpha value is -0.0400. The molecule has 0 radical (unpaired) electrons. The molecule has 0 aliphatic heterocycles. The van der Waals surface area contributed by atoms with Crippen LogP contribution in [0.1, 0.15) is 47.4 Å². The number of rotatable bonds is 3. The van der Waals surface area contributed by atoms with Crippen molar-refractivity contribution in [1.82, 2.24) is 5.32 Å². The molecule has 0 atom stereocenters. The first-order chi connectivity index (χ1) is 5.36. The van der Waals surface area contributed by atoms with Crippen LogP contribution in [0.3, 0.4) is 0 Å². The van der Waals surface area contributed by atoms with Gasteiger partial charge in [0.1, 0.15) is 0 Å². The van der Waals surface area contributed by atoms with Gasteiger partial charge in [0.25, 0.3) is 0 Å². The molecular formula is C10H23N. The van der Waals surface area contributed by atoms with Crippen molar-refractivity contribution >= 4 is 0 Å². The fraction of sp³-hybridized carbons (Fsp3) is 1.00. The summed E-state index contributed by atoms with van der Waals surface area (Å²) in [7, 11) is 0. The molecule has 1 heteroatoms. The van der Waals surface area contributed by atoms with Gasteiger partial charge in [0, 0.05) is 7.47 Å². The van der Waals surface area contributed by atoms with Crippen molar-refractivity contribution in [1.29, 1.82) is 0 Å². The van der Waals surface area contributed by atoms with Crippen LogP contribution >= 0.6 is 0 Å². The number of hydrogen-bond acceptors (Lipinski definition) is 1. The summed E-state index contributed by atoms with van der Waals surface area (Å²) in [5.74, 6) is 1.03. The molecule has 0 spiro atoms. The van der Waals surface area contributed by atoms with Gasteiger partial charge in [-0.1, -0.05) is 20.3 Å². The van der Waals surface area contributed by atoms with E-state index >= 15 is 0 Å². The summed E-state index contributed by atoms with van der Waals surface area (Å²) in [5, 5.41) is 3.53. The van der Waals surface area contributed by atoms with Gasteiger partial charge in [-0.2, -0.15) is 0 Å². The van der Waals surface area contributed by atoms with Gasteiger partial charge in [-0.05, 0) is 38.1 Å². The zero-order valence-electron chi connectivity index (χ0n) is 7.90. The van der Waals surface area contributed by atoms with Crippen molar-refractivity contribution in [2.24, 2.45) is 5.92 Å². The molecule has 0 amide bonds. The summed E-state index contributed by atoms with van der Waals surface area (Å²) in [6.45, 7) is 5.66. The molecule has 0 bridgehead atoms. The van der Waals surface area contributed by atoms with Crippen molar-refractivity contribution in [3.63, 3.8) is 0 Å². The Bertz CT molecular complexity index is 98.0. The van der Waals surface area contributed by atoms with Crippen LogP contribution in [0.5, 0.6) is 0 Å². The van der Waals surface area contributed by atoms with Gasteiger partial charge >= 0.3 is 0 Å². The second-order valence-corrected chi connectivity index (χ2v) is 3.68. The molecule has 11 heavy (non-hydrogen) atoms. The van der Waals surface area contributed by atoms with Gasteiger partial charge in [0.05, 0.1) is 0 Å². The van der Waals surface area contributed by atoms with E-state index in [9.17, 15) is 0 Å². The monoisotopic (exact) mass is 157 g/mol. The average molecular weight is 157 g/mol. The lowest BCUT2D eigenvalue weighted by molar-refractivity contribution is 0.289. The van der Waals surface area contributed by atoms with E-state index in [1.54, 1.807) is 0 Å². The molecule has 0 aromatic carbocycles. The third-order valence-corrected chi connectivity index (χ3v) is 2.92. The third-order valence-electron chi connectivity index (χ3n) is 2.92. The summed E-state index contributed by atoms with van der Waals surface area (Å²) in [6, 6.07) is 0.836. The molecule has 1 nitrogen and oxygen atoms in total. The molecule has 1 aliphatic carbocycles. The van der Waals surface area contributed by atoms with Crippen LogP contribution in [0.15, 0.2) is 0 Å². The molecule has 1 fully saturated rings. The standard InChI is InChI=1S/C10H21N.H2/c1-3-9-5-7-10(8-6-9)11-4-2;/h9-11H,3-8H2,1-2H3;1H. The van der Waals surface area contributed by atoms with Crippen LogP contribution in [0.25, 0.3) is 0 Å². The lowest BCUT2D eigenvalue weighted by Crippen LogP contribution is -2.32. The fourth-order valence-electron chi connectivity index (χ4n) is 2.06. The number of nitrogens with one attached hydrogen (secondary N) is 1. The summed E-state index contributed by atoms with van der Waals surface area (Å²) in [6.07, 6.45) is 7.11. The smallest absolute Gasteiger partial charge is 0.00671 e. The predicted molar refractivity (Wildman–Crippen MR) is 51.8 cm³/mol. The predicted octanol–water partition coefficient (Wildman–Crippen LogP) is 2.81. The Morgan fingerprint density at radius 1 is 1.18 bits per heavy atom. The SMILES string of the molecule is CCNC1CCC(CC)CC1.[HH]. The van der Waals surface area contributed by atoms with Gasteiger partial charge in [-0.3, -0.25) is 0 Å². The zero-order valence-corrected chi connectivity index (χ0v) is 7.90. The first-order valence-corrected chi connectivity index (χ1v) is 5.10. The highest BCUT2D eigenvalue weighted by Gasteiger charge is 2.18. The topological polar surface area (TPSA) is 12.0 Å². The quantitative estimate of drug-likeness (QED) is 0.664. The summed E-state index contributed by atoms with van der Waals surface area (Å²) >= 11 is 0. The highest BCUT2D eigenvalue weighted by Crippen LogP contribution is 2.26. The molecule has 1 rings (SSSR count). The summed E-state index contributed by atoms with van der Waals surface area (Å²) in [4.78, 5) is 0. The van der Waals surface area contributed by atoms with Gasteiger partial charge in [0.2, 0.25) is 0 Å². The van der Waals surface area contributed by atoms with Gasteiger partial charge in [-0.15, -0.1) is 0 Å². The van der Waals surface area contributed by atoms with Crippen LogP contribution in [-0.4, -0.2) is 12.6 Å². The second-order valence-electron chi connectivity index (χ2n) is 3.68. The van der Waals surface area contributed by atoms with Crippen LogP contribution < -0.4 is 5.32 Å². The van der Waals surface area contributed by atoms with Crippen molar-refractivity contribution in [3.05, 3.63) is 0 Å². The molecular weight excluding hydrogens is 134 g/mol. The highest BCUT2D eigenvalue weighted by molar-refractivity contribution is 4.75. The van der Waals surface area contributed by atoms with Gasteiger partial charge in [-0.25, -0.2) is 0 Å². The zero-order chi connectivity index (χ0) is 8.10. The highest BCUT2D eigenvalue weighted by atomic mass is 14.9. The molecule has 0 aromatic rings. The van der Waals surface area contributed by atoms with Crippen LogP contribution in [-0.2, 0) is 0 Å². The van der Waals surface area contributed by atoms with E-state index in [1.165, 1.54) is 32.1 Å². The Morgan fingerprint density at radius 2 is 1.82 bits per heavy atom. The van der Waals surface area contributed by atoms with Crippen molar-refractivity contribution < 1.29 is 1.43 Å². The van der Waals surface area contributed by atoms with Crippen LogP contribution in [0, 0.1) is 5.92 Å². The van der Waals surface area contributed by atoms with Gasteiger partial charge in [0.15, 0.2) is 0 Å². The third kappa shape index (κ3) is 2.82. The average Bonchev–Trinajstić information content (AvgIpc) is 2.07. The van der Waals surface area contributed by atoms with E-state index in [-0.39, 0.29) is 1.43 Å². The van der Waals surface area contributed by atoms with E-state index in [0.717, 1.165) is 18.5 Å². The van der Waals surface area contributed by atoms with E-state index < -0.39 is 0 Å². The lowest BCUT2D eigenvalue weighted by Gasteiger charge is -2.28. The minimum absolute atomic E-state index is 0. The lowest BCUT2D eigenvalue weighted by atomic mass is 9.84. The molecule has 1 N–H and O–H groups in total. The summed E-state index contributed by atoms with van der Waals surface area (Å²) < 4.78 is 0. The Morgan fingerprint density at radius 3 is 2.27 bits per heavy atom. The van der Waals surface area contributed by atoms with E-state index in [0.29, 0.717) is 0 Å². The first kappa shape index (κ1) is 9.05. The van der Waals surface area contributed by atoms with Crippen molar-refractivity contribution in [3.8, 4) is 0 Å². The normalized spacial score (nSPS) is 32.2. The molecule has 0 aromatic heterocycles. The maximum atomic E-state index is 3.53.